The topological polar surface area (TPSA) is 51.8 Å². The molecule has 3 nitrogen and oxygen atoms in total. The molecule has 0 saturated carbocycles. The molecular formula is C12H11N3. The second-order valence-corrected chi connectivity index (χ2v) is 3.29. The molecule has 0 bridgehead atoms. The first-order valence-corrected chi connectivity index (χ1v) is 4.71. The largest absolute Gasteiger partial charge is 0.323 e. The molecule has 0 amide bonds. The van der Waals surface area contributed by atoms with Gasteiger partial charge >= 0.3 is 0 Å². The van der Waals surface area contributed by atoms with E-state index >= 15 is 0 Å². The third-order valence-corrected chi connectivity index (χ3v) is 2.27. The lowest BCUT2D eigenvalue weighted by molar-refractivity contribution is 0.759. The zero-order chi connectivity index (χ0) is 10.7. The molecule has 1 aromatic carbocycles. The SMILES string of the molecule is C#CCC(N)c1cccc2nccnc12. The summed E-state index contributed by atoms with van der Waals surface area (Å²) in [5.74, 6) is 2.56. The average Bonchev–Trinajstić information content (AvgIpc) is 2.28. The Morgan fingerprint density at radius 3 is 2.93 bits per heavy atom. The van der Waals surface area contributed by atoms with Crippen LogP contribution in [0.4, 0.5) is 0 Å². The van der Waals surface area contributed by atoms with Gasteiger partial charge in [-0.3, -0.25) is 9.97 Å². The molecule has 0 aliphatic rings. The number of nitrogens with zero attached hydrogens (tertiary/aromatic N) is 2. The molecule has 2 aromatic rings. The lowest BCUT2D eigenvalue weighted by Gasteiger charge is -2.10. The zero-order valence-electron chi connectivity index (χ0n) is 8.22. The van der Waals surface area contributed by atoms with Crippen molar-refractivity contribution < 1.29 is 0 Å². The van der Waals surface area contributed by atoms with Crippen molar-refractivity contribution >= 4 is 11.0 Å². The van der Waals surface area contributed by atoms with Crippen LogP contribution in [-0.2, 0) is 0 Å². The van der Waals surface area contributed by atoms with Crippen LogP contribution >= 0.6 is 0 Å². The van der Waals surface area contributed by atoms with Crippen molar-refractivity contribution in [3.05, 3.63) is 36.2 Å². The maximum absolute atomic E-state index is 5.96. The number of aromatic nitrogens is 2. The van der Waals surface area contributed by atoms with Crippen molar-refractivity contribution in [2.45, 2.75) is 12.5 Å². The summed E-state index contributed by atoms with van der Waals surface area (Å²) in [5.41, 5.74) is 8.60. The van der Waals surface area contributed by atoms with Crippen molar-refractivity contribution in [3.8, 4) is 12.3 Å². The number of fused-ring (bicyclic) bond motifs is 1. The van der Waals surface area contributed by atoms with Crippen LogP contribution in [0.3, 0.4) is 0 Å². The second kappa shape index (κ2) is 4.07. The van der Waals surface area contributed by atoms with Crippen molar-refractivity contribution in [2.75, 3.05) is 0 Å². The molecule has 0 spiro atoms. The predicted molar refractivity (Wildman–Crippen MR) is 59.9 cm³/mol. The van der Waals surface area contributed by atoms with Crippen LogP contribution in [0.1, 0.15) is 18.0 Å². The maximum Gasteiger partial charge on any atom is 0.0934 e. The van der Waals surface area contributed by atoms with E-state index in [-0.39, 0.29) is 6.04 Å². The Kier molecular flexibility index (Phi) is 2.61. The van der Waals surface area contributed by atoms with Crippen molar-refractivity contribution in [1.29, 1.82) is 0 Å². The molecule has 0 fully saturated rings. The Balaban J connectivity index is 2.56. The molecule has 1 atom stereocenters. The molecule has 2 N–H and O–H groups in total. The summed E-state index contributed by atoms with van der Waals surface area (Å²) >= 11 is 0. The number of para-hydroxylation sites is 1. The van der Waals surface area contributed by atoms with Crippen LogP contribution in [-0.4, -0.2) is 9.97 Å². The van der Waals surface area contributed by atoms with Gasteiger partial charge in [0.15, 0.2) is 0 Å². The molecule has 0 saturated heterocycles. The van der Waals surface area contributed by atoms with E-state index in [2.05, 4.69) is 15.9 Å². The predicted octanol–water partition coefficient (Wildman–Crippen LogP) is 1.65. The first kappa shape index (κ1) is 9.63. The summed E-state index contributed by atoms with van der Waals surface area (Å²) in [5, 5.41) is 0. The Morgan fingerprint density at radius 1 is 1.33 bits per heavy atom. The van der Waals surface area contributed by atoms with E-state index in [1.807, 2.05) is 18.2 Å². The van der Waals surface area contributed by atoms with E-state index in [4.69, 9.17) is 12.2 Å². The lowest BCUT2D eigenvalue weighted by Crippen LogP contribution is -2.10. The molecule has 1 unspecified atom stereocenters. The van der Waals surface area contributed by atoms with Crippen LogP contribution < -0.4 is 5.73 Å². The van der Waals surface area contributed by atoms with Crippen LogP contribution in [0.2, 0.25) is 0 Å². The third kappa shape index (κ3) is 1.80. The quantitative estimate of drug-likeness (QED) is 0.745. The summed E-state index contributed by atoms with van der Waals surface area (Å²) in [6.45, 7) is 0. The molecule has 0 aliphatic heterocycles. The van der Waals surface area contributed by atoms with Gasteiger partial charge < -0.3 is 5.73 Å². The molecule has 0 radical (unpaired) electrons. The average molecular weight is 197 g/mol. The lowest BCUT2D eigenvalue weighted by atomic mass is 10.0. The van der Waals surface area contributed by atoms with Gasteiger partial charge in [0, 0.05) is 24.9 Å². The van der Waals surface area contributed by atoms with Gasteiger partial charge in [0.2, 0.25) is 0 Å². The summed E-state index contributed by atoms with van der Waals surface area (Å²) in [7, 11) is 0. The number of benzene rings is 1. The van der Waals surface area contributed by atoms with Crippen LogP contribution in [0.15, 0.2) is 30.6 Å². The summed E-state index contributed by atoms with van der Waals surface area (Å²) in [4.78, 5) is 8.49. The van der Waals surface area contributed by atoms with E-state index in [1.54, 1.807) is 12.4 Å². The highest BCUT2D eigenvalue weighted by Gasteiger charge is 2.09. The van der Waals surface area contributed by atoms with Crippen molar-refractivity contribution in [3.63, 3.8) is 0 Å². The first-order valence-electron chi connectivity index (χ1n) is 4.71. The maximum atomic E-state index is 5.96. The summed E-state index contributed by atoms with van der Waals surface area (Å²) in [6.07, 6.45) is 9.08. The standard InChI is InChI=1S/C12H11N3/c1-2-4-10(13)9-5-3-6-11-12(9)15-8-7-14-11/h1,3,5-8,10H,4,13H2. The van der Waals surface area contributed by atoms with Gasteiger partial charge in [-0.15, -0.1) is 12.3 Å². The molecule has 15 heavy (non-hydrogen) atoms. The van der Waals surface area contributed by atoms with E-state index in [9.17, 15) is 0 Å². The van der Waals surface area contributed by atoms with E-state index in [0.29, 0.717) is 6.42 Å². The smallest absolute Gasteiger partial charge is 0.0934 e. The molecule has 0 aliphatic carbocycles. The normalized spacial score (nSPS) is 12.3. The Labute approximate surface area is 88.4 Å². The molecule has 1 aromatic heterocycles. The minimum Gasteiger partial charge on any atom is -0.323 e. The Hall–Kier alpha value is -1.92. The summed E-state index contributed by atoms with van der Waals surface area (Å²) in [6, 6.07) is 5.60. The number of hydrogen-bond acceptors (Lipinski definition) is 3. The monoisotopic (exact) mass is 197 g/mol. The minimum atomic E-state index is -0.171. The van der Waals surface area contributed by atoms with Crippen molar-refractivity contribution in [2.24, 2.45) is 5.73 Å². The number of rotatable bonds is 2. The molecule has 74 valence electrons. The van der Waals surface area contributed by atoms with E-state index < -0.39 is 0 Å². The van der Waals surface area contributed by atoms with Gasteiger partial charge in [-0.05, 0) is 11.6 Å². The van der Waals surface area contributed by atoms with Crippen LogP contribution in [0.5, 0.6) is 0 Å². The van der Waals surface area contributed by atoms with Gasteiger partial charge in [-0.25, -0.2) is 0 Å². The fourth-order valence-corrected chi connectivity index (χ4v) is 1.55. The second-order valence-electron chi connectivity index (χ2n) is 3.29. The molecular weight excluding hydrogens is 186 g/mol. The van der Waals surface area contributed by atoms with Gasteiger partial charge in [-0.2, -0.15) is 0 Å². The molecule has 3 heteroatoms. The zero-order valence-corrected chi connectivity index (χ0v) is 8.22. The Bertz CT molecular complexity index is 508. The highest BCUT2D eigenvalue weighted by Crippen LogP contribution is 2.21. The van der Waals surface area contributed by atoms with Crippen LogP contribution in [0, 0.1) is 12.3 Å². The van der Waals surface area contributed by atoms with Gasteiger partial charge in [0.1, 0.15) is 0 Å². The fourth-order valence-electron chi connectivity index (χ4n) is 1.55. The third-order valence-electron chi connectivity index (χ3n) is 2.27. The van der Waals surface area contributed by atoms with Crippen LogP contribution in [0.25, 0.3) is 11.0 Å². The number of terminal acetylenes is 1. The first-order chi connectivity index (χ1) is 7.33. The fraction of sp³-hybridized carbons (Fsp3) is 0.167. The molecule has 2 rings (SSSR count). The summed E-state index contributed by atoms with van der Waals surface area (Å²) < 4.78 is 0. The number of hydrogen-bond donors (Lipinski definition) is 1. The van der Waals surface area contributed by atoms with Gasteiger partial charge in [0.25, 0.3) is 0 Å². The van der Waals surface area contributed by atoms with E-state index in [0.717, 1.165) is 16.6 Å². The highest BCUT2D eigenvalue weighted by molar-refractivity contribution is 5.78. The highest BCUT2D eigenvalue weighted by atomic mass is 14.8. The minimum absolute atomic E-state index is 0.171. The van der Waals surface area contributed by atoms with Gasteiger partial charge in [-0.1, -0.05) is 12.1 Å². The number of nitrogens with two attached hydrogens (primary N) is 1. The van der Waals surface area contributed by atoms with Crippen molar-refractivity contribution in [1.82, 2.24) is 9.97 Å². The van der Waals surface area contributed by atoms with Gasteiger partial charge in [0.05, 0.1) is 11.0 Å². The van der Waals surface area contributed by atoms with E-state index in [1.165, 1.54) is 0 Å². The molecule has 1 heterocycles. The Morgan fingerprint density at radius 2 is 2.13 bits per heavy atom.